The molecule has 0 aliphatic heterocycles. The van der Waals surface area contributed by atoms with Crippen molar-refractivity contribution >= 4 is 17.6 Å². The first kappa shape index (κ1) is 15.6. The minimum Gasteiger partial charge on any atom is -0.496 e. The van der Waals surface area contributed by atoms with Gasteiger partial charge >= 0.3 is 0 Å². The summed E-state index contributed by atoms with van der Waals surface area (Å²) in [4.78, 5) is 10.3. The Morgan fingerprint density at radius 2 is 1.86 bits per heavy atom. The van der Waals surface area contributed by atoms with E-state index in [2.05, 4.69) is 36.1 Å². The fourth-order valence-corrected chi connectivity index (χ4v) is 2.68. The van der Waals surface area contributed by atoms with Gasteiger partial charge in [-0.25, -0.2) is 9.97 Å². The van der Waals surface area contributed by atoms with Gasteiger partial charge in [-0.15, -0.1) is 0 Å². The van der Waals surface area contributed by atoms with Crippen LogP contribution in [0.4, 0.5) is 5.82 Å². The monoisotopic (exact) mass is 303 g/mol. The molecule has 1 aromatic heterocycles. The van der Waals surface area contributed by atoms with Crippen molar-refractivity contribution in [3.8, 4) is 5.75 Å². The second-order valence-corrected chi connectivity index (χ2v) is 6.73. The molecule has 4 nitrogen and oxygen atoms in total. The first-order valence-electron chi connectivity index (χ1n) is 6.82. The predicted molar refractivity (Wildman–Crippen MR) is 87.4 cm³/mol. The van der Waals surface area contributed by atoms with Gasteiger partial charge in [0.2, 0.25) is 0 Å². The molecule has 2 aromatic rings. The largest absolute Gasteiger partial charge is 0.496 e. The number of hydrogen-bond donors (Lipinski definition) is 1. The van der Waals surface area contributed by atoms with Crippen molar-refractivity contribution < 1.29 is 4.74 Å². The van der Waals surface area contributed by atoms with E-state index in [1.807, 2.05) is 37.4 Å². The molecule has 1 N–H and O–H groups in total. The molecule has 0 bridgehead atoms. The normalized spacial score (nSPS) is 11.3. The Kier molecular flexibility index (Phi) is 4.73. The Morgan fingerprint density at radius 3 is 2.48 bits per heavy atom. The Hall–Kier alpha value is -1.75. The van der Waals surface area contributed by atoms with Crippen LogP contribution in [0.5, 0.6) is 5.75 Å². The molecule has 0 radical (unpaired) electrons. The molecule has 5 heteroatoms. The van der Waals surface area contributed by atoms with Gasteiger partial charge in [-0.2, -0.15) is 0 Å². The number of para-hydroxylation sites is 1. The number of anilines is 1. The summed E-state index contributed by atoms with van der Waals surface area (Å²) in [5, 5.41) is 4.00. The number of nitrogens with zero attached hydrogens (tertiary/aromatic N) is 2. The van der Waals surface area contributed by atoms with Gasteiger partial charge in [0, 0.05) is 18.5 Å². The third-order valence-corrected chi connectivity index (χ3v) is 3.89. The van der Waals surface area contributed by atoms with E-state index in [1.165, 1.54) is 0 Å². The van der Waals surface area contributed by atoms with Gasteiger partial charge in [0.15, 0.2) is 0 Å². The van der Waals surface area contributed by atoms with Crippen molar-refractivity contribution in [1.29, 1.82) is 0 Å². The molecule has 0 aliphatic rings. The SMILES string of the molecule is CNc1cc(Sc2ccccc2OC)nc(C(C)(C)C)n1. The summed E-state index contributed by atoms with van der Waals surface area (Å²) in [6.45, 7) is 6.33. The first-order chi connectivity index (χ1) is 9.94. The fourth-order valence-electron chi connectivity index (χ4n) is 1.76. The zero-order chi connectivity index (χ0) is 15.5. The van der Waals surface area contributed by atoms with E-state index in [9.17, 15) is 0 Å². The summed E-state index contributed by atoms with van der Waals surface area (Å²) in [6.07, 6.45) is 0. The van der Waals surface area contributed by atoms with E-state index in [-0.39, 0.29) is 5.41 Å². The highest BCUT2D eigenvalue weighted by atomic mass is 32.2. The number of nitrogens with one attached hydrogen (secondary N) is 1. The summed E-state index contributed by atoms with van der Waals surface area (Å²) in [5.41, 5.74) is -0.0943. The average Bonchev–Trinajstić information content (AvgIpc) is 2.46. The molecule has 0 aliphatic carbocycles. The van der Waals surface area contributed by atoms with Crippen molar-refractivity contribution in [2.75, 3.05) is 19.5 Å². The van der Waals surface area contributed by atoms with Crippen LogP contribution in [0.25, 0.3) is 0 Å². The molecule has 0 amide bonds. The van der Waals surface area contributed by atoms with Gasteiger partial charge in [-0.05, 0) is 12.1 Å². The standard InChI is InChI=1S/C16H21N3OS/c1-16(2,3)15-18-13(17-4)10-14(19-15)21-12-9-7-6-8-11(12)20-5/h6-10H,1-5H3,(H,17,18,19). The number of benzene rings is 1. The lowest BCUT2D eigenvalue weighted by atomic mass is 9.96. The van der Waals surface area contributed by atoms with E-state index in [4.69, 9.17) is 4.74 Å². The van der Waals surface area contributed by atoms with Crippen molar-refractivity contribution in [3.63, 3.8) is 0 Å². The molecule has 0 atom stereocenters. The predicted octanol–water partition coefficient (Wildman–Crippen LogP) is 3.98. The van der Waals surface area contributed by atoms with Crippen LogP contribution in [0.15, 0.2) is 40.3 Å². The van der Waals surface area contributed by atoms with E-state index in [1.54, 1.807) is 18.9 Å². The maximum absolute atomic E-state index is 5.39. The van der Waals surface area contributed by atoms with Crippen molar-refractivity contribution in [3.05, 3.63) is 36.2 Å². The molecule has 112 valence electrons. The maximum atomic E-state index is 5.39. The van der Waals surface area contributed by atoms with Gasteiger partial charge in [-0.1, -0.05) is 44.7 Å². The lowest BCUT2D eigenvalue weighted by Gasteiger charge is -2.18. The van der Waals surface area contributed by atoms with Crippen LogP contribution in [0.2, 0.25) is 0 Å². The van der Waals surface area contributed by atoms with Crippen molar-refractivity contribution in [1.82, 2.24) is 9.97 Å². The minimum atomic E-state index is -0.0943. The van der Waals surface area contributed by atoms with Gasteiger partial charge in [0.05, 0.1) is 12.0 Å². The highest BCUT2D eigenvalue weighted by Crippen LogP contribution is 2.35. The number of aromatic nitrogens is 2. The third-order valence-electron chi connectivity index (χ3n) is 2.91. The Bertz CT molecular complexity index is 623. The van der Waals surface area contributed by atoms with Gasteiger partial charge in [-0.3, -0.25) is 0 Å². The Balaban J connectivity index is 2.39. The highest BCUT2D eigenvalue weighted by Gasteiger charge is 2.19. The fraction of sp³-hybridized carbons (Fsp3) is 0.375. The molecule has 1 aromatic carbocycles. The van der Waals surface area contributed by atoms with Crippen LogP contribution < -0.4 is 10.1 Å². The highest BCUT2D eigenvalue weighted by molar-refractivity contribution is 7.99. The second kappa shape index (κ2) is 6.35. The van der Waals surface area contributed by atoms with E-state index in [0.717, 1.165) is 27.3 Å². The first-order valence-corrected chi connectivity index (χ1v) is 7.64. The molecule has 0 saturated heterocycles. The molecule has 1 heterocycles. The van der Waals surface area contributed by atoms with Crippen LogP contribution in [-0.2, 0) is 5.41 Å². The van der Waals surface area contributed by atoms with Crippen molar-refractivity contribution in [2.24, 2.45) is 0 Å². The zero-order valence-corrected chi connectivity index (χ0v) is 13.9. The summed E-state index contributed by atoms with van der Waals surface area (Å²) < 4.78 is 5.39. The molecule has 2 rings (SSSR count). The Labute approximate surface area is 130 Å². The van der Waals surface area contributed by atoms with Gasteiger partial charge in [0.25, 0.3) is 0 Å². The maximum Gasteiger partial charge on any atom is 0.137 e. The molecular weight excluding hydrogens is 282 g/mol. The van der Waals surface area contributed by atoms with E-state index >= 15 is 0 Å². The molecule has 21 heavy (non-hydrogen) atoms. The van der Waals surface area contributed by atoms with Crippen LogP contribution in [0, 0.1) is 0 Å². The van der Waals surface area contributed by atoms with E-state index < -0.39 is 0 Å². The second-order valence-electron chi connectivity index (χ2n) is 5.67. The van der Waals surface area contributed by atoms with Crippen LogP contribution in [0.3, 0.4) is 0 Å². The number of methoxy groups -OCH3 is 1. The molecule has 0 fully saturated rings. The smallest absolute Gasteiger partial charge is 0.137 e. The molecule has 0 unspecified atom stereocenters. The summed E-state index contributed by atoms with van der Waals surface area (Å²) in [7, 11) is 3.55. The summed E-state index contributed by atoms with van der Waals surface area (Å²) >= 11 is 1.58. The van der Waals surface area contributed by atoms with Crippen LogP contribution in [0.1, 0.15) is 26.6 Å². The topological polar surface area (TPSA) is 47.0 Å². The third kappa shape index (κ3) is 3.88. The minimum absolute atomic E-state index is 0.0943. The van der Waals surface area contributed by atoms with Gasteiger partial charge in [0.1, 0.15) is 22.4 Å². The lowest BCUT2D eigenvalue weighted by Crippen LogP contribution is -2.17. The zero-order valence-electron chi connectivity index (χ0n) is 13.1. The number of ether oxygens (including phenoxy) is 1. The van der Waals surface area contributed by atoms with Crippen LogP contribution in [-0.4, -0.2) is 24.1 Å². The number of hydrogen-bond acceptors (Lipinski definition) is 5. The van der Waals surface area contributed by atoms with Crippen LogP contribution >= 0.6 is 11.8 Å². The van der Waals surface area contributed by atoms with E-state index in [0.29, 0.717) is 0 Å². The molecular formula is C16H21N3OS. The lowest BCUT2D eigenvalue weighted by molar-refractivity contribution is 0.405. The Morgan fingerprint density at radius 1 is 1.14 bits per heavy atom. The van der Waals surface area contributed by atoms with Gasteiger partial charge < -0.3 is 10.1 Å². The summed E-state index contributed by atoms with van der Waals surface area (Å²) in [5.74, 6) is 2.50. The van der Waals surface area contributed by atoms with Crippen molar-refractivity contribution in [2.45, 2.75) is 36.1 Å². The number of rotatable bonds is 4. The molecule has 0 saturated carbocycles. The average molecular weight is 303 g/mol. The quantitative estimate of drug-likeness (QED) is 0.866. The molecule has 0 spiro atoms. The summed E-state index contributed by atoms with van der Waals surface area (Å²) in [6, 6.07) is 9.89.